The topological polar surface area (TPSA) is 231 Å². The quantitative estimate of drug-likeness (QED) is 0.304. The van der Waals surface area contributed by atoms with Gasteiger partial charge in [-0.1, -0.05) is 0 Å². The van der Waals surface area contributed by atoms with E-state index in [9.17, 15) is 19.2 Å². The van der Waals surface area contributed by atoms with Crippen LogP contribution in [-0.4, -0.2) is 59.8 Å². The molecule has 0 spiro atoms. The van der Waals surface area contributed by atoms with Crippen LogP contribution in [0, 0.1) is 40.6 Å². The van der Waals surface area contributed by atoms with E-state index >= 15 is 0 Å². The minimum atomic E-state index is -1.37. The van der Waals surface area contributed by atoms with E-state index < -0.39 is 41.2 Å². The number of nitrogens with zero attached hydrogens (tertiary/aromatic N) is 10. The Morgan fingerprint density at radius 3 is 1.44 bits per heavy atom. The van der Waals surface area contributed by atoms with E-state index in [1.807, 2.05) is 0 Å². The maximum absolute atomic E-state index is 11.6. The van der Waals surface area contributed by atoms with Gasteiger partial charge in [-0.3, -0.25) is 24.0 Å². The Hall–Kier alpha value is -4.67. The van der Waals surface area contributed by atoms with E-state index in [0.29, 0.717) is 6.61 Å². The Balaban J connectivity index is 0.000000762. The summed E-state index contributed by atoms with van der Waals surface area (Å²) in [4.78, 5) is 70.0. The second-order valence-corrected chi connectivity index (χ2v) is 8.19. The molecular weight excluding hydrogens is 603 g/mol. The van der Waals surface area contributed by atoms with Crippen LogP contribution in [0.4, 0.5) is 0 Å². The molecule has 0 saturated carbocycles. The third kappa shape index (κ3) is 12.8. The average Bonchev–Trinajstić information content (AvgIpc) is 2.85. The number of nitriles is 3. The fourth-order valence-electron chi connectivity index (χ4n) is 2.38. The molecule has 0 bridgehead atoms. The zero-order valence-corrected chi connectivity index (χ0v) is 24.1. The number of hydrogen-bond donors (Lipinski definition) is 0. The summed E-state index contributed by atoms with van der Waals surface area (Å²) >= 11 is 16.0. The highest BCUT2D eigenvalue weighted by Crippen LogP contribution is 2.21. The molecule has 2 aromatic rings. The number of esters is 1. The van der Waals surface area contributed by atoms with Crippen molar-refractivity contribution in [2.75, 3.05) is 6.61 Å². The van der Waals surface area contributed by atoms with Crippen LogP contribution in [0.15, 0.2) is 0 Å². The molecule has 0 fully saturated rings. The van der Waals surface area contributed by atoms with E-state index in [-0.39, 0.29) is 39.7 Å². The summed E-state index contributed by atoms with van der Waals surface area (Å²) in [5.74, 6) is -5.69. The van der Waals surface area contributed by atoms with Crippen molar-refractivity contribution in [3.8, 4) is 18.2 Å². The summed E-state index contributed by atoms with van der Waals surface area (Å²) in [6, 6.07) is 3.73. The Morgan fingerprint density at radius 1 is 0.780 bits per heavy atom. The first-order chi connectivity index (χ1) is 19.2. The molecular formula is C23H19Cl3N10O5. The first kappa shape index (κ1) is 36.3. The third-order valence-corrected chi connectivity index (χ3v) is 4.62. The molecule has 212 valence electrons. The fourth-order valence-corrected chi connectivity index (χ4v) is 2.99. The molecule has 15 nitrogen and oxygen atoms in total. The van der Waals surface area contributed by atoms with Gasteiger partial charge in [0.25, 0.3) is 0 Å². The Morgan fingerprint density at radius 2 is 1.17 bits per heavy atom. The smallest absolute Gasteiger partial charge is 0.339 e. The highest BCUT2D eigenvalue weighted by atomic mass is 35.5. The van der Waals surface area contributed by atoms with Crippen LogP contribution >= 0.6 is 34.8 Å². The standard InChI is InChI=1S/C15H12N6O3.C5H7NO2.C3Cl3N3/c1-7(22)10(5-16)13-19-14(11(6-17)8(2)23)21-15(20-13)12(18-4)9(3)24;1-2-8-5(7)3-4-6;4-1-7-2(5)9-3(6)8-1/h10-12H,1-3H3;2-3H2,1H3;. The molecule has 41 heavy (non-hydrogen) atoms. The van der Waals surface area contributed by atoms with Crippen molar-refractivity contribution >= 4 is 58.1 Å². The molecule has 3 unspecified atom stereocenters. The van der Waals surface area contributed by atoms with Crippen molar-refractivity contribution in [3.63, 3.8) is 0 Å². The van der Waals surface area contributed by atoms with E-state index in [2.05, 4.69) is 39.5 Å². The van der Waals surface area contributed by atoms with Crippen LogP contribution in [0.1, 0.15) is 69.5 Å². The van der Waals surface area contributed by atoms with Gasteiger partial charge in [0.2, 0.25) is 27.5 Å². The number of rotatable bonds is 8. The SMILES string of the molecule is CCOC(=O)CC#N.Clc1nc(Cl)nc(Cl)n1.[C-]#[N+]C(C(C)=O)c1nc(C(C#N)C(C)=O)nc(C(C#N)C(C)=O)n1. The Labute approximate surface area is 248 Å². The number of carbonyl (C=O) groups is 4. The number of ketones is 3. The maximum Gasteiger partial charge on any atom is 0.339 e. The third-order valence-electron chi connectivity index (χ3n) is 4.12. The van der Waals surface area contributed by atoms with Gasteiger partial charge in [-0.05, 0) is 55.6 Å². The van der Waals surface area contributed by atoms with E-state index in [1.165, 1.54) is 0 Å². The van der Waals surface area contributed by atoms with Crippen molar-refractivity contribution < 1.29 is 23.9 Å². The van der Waals surface area contributed by atoms with Crippen molar-refractivity contribution in [3.05, 3.63) is 44.7 Å². The molecule has 0 saturated heterocycles. The van der Waals surface area contributed by atoms with Crippen LogP contribution in [0.25, 0.3) is 4.85 Å². The largest absolute Gasteiger partial charge is 0.465 e. The molecule has 0 N–H and O–H groups in total. The average molecular weight is 622 g/mol. The van der Waals surface area contributed by atoms with Gasteiger partial charge in [-0.2, -0.15) is 30.7 Å². The second-order valence-electron chi connectivity index (χ2n) is 7.18. The summed E-state index contributed by atoms with van der Waals surface area (Å²) in [5, 5.41) is 26.1. The highest BCUT2D eigenvalue weighted by Gasteiger charge is 2.32. The van der Waals surface area contributed by atoms with E-state index in [1.54, 1.807) is 25.1 Å². The first-order valence-corrected chi connectivity index (χ1v) is 12.1. The molecule has 0 amide bonds. The minimum Gasteiger partial charge on any atom is -0.465 e. The van der Waals surface area contributed by atoms with Gasteiger partial charge in [-0.15, -0.1) is 0 Å². The van der Waals surface area contributed by atoms with Crippen LogP contribution < -0.4 is 0 Å². The zero-order chi connectivity index (χ0) is 31.7. The predicted molar refractivity (Wildman–Crippen MR) is 140 cm³/mol. The number of hydrogen-bond acceptors (Lipinski definition) is 14. The lowest BCUT2D eigenvalue weighted by molar-refractivity contribution is -0.141. The van der Waals surface area contributed by atoms with E-state index in [4.69, 9.17) is 57.2 Å². The number of carbonyl (C=O) groups excluding carboxylic acids is 4. The number of Topliss-reactive ketones (excluding diaryl/α,β-unsaturated/α-hetero) is 3. The van der Waals surface area contributed by atoms with Gasteiger partial charge in [0.1, 0.15) is 6.42 Å². The summed E-state index contributed by atoms with van der Waals surface area (Å²) in [7, 11) is 0. The number of halogens is 3. The summed E-state index contributed by atoms with van der Waals surface area (Å²) in [6.07, 6.45) is -0.145. The van der Waals surface area contributed by atoms with Gasteiger partial charge >= 0.3 is 12.0 Å². The van der Waals surface area contributed by atoms with Crippen LogP contribution in [0.3, 0.4) is 0 Å². The lowest BCUT2D eigenvalue weighted by Gasteiger charge is -2.11. The van der Waals surface area contributed by atoms with E-state index in [0.717, 1.165) is 20.8 Å². The molecule has 0 radical (unpaired) electrons. The van der Waals surface area contributed by atoms with Gasteiger partial charge < -0.3 is 4.74 Å². The van der Waals surface area contributed by atoms with Crippen LogP contribution in [0.2, 0.25) is 15.9 Å². The minimum absolute atomic E-state index is 0.000000000000000444. The van der Waals surface area contributed by atoms with Gasteiger partial charge in [-0.25, -0.2) is 21.5 Å². The molecule has 0 aliphatic heterocycles. The molecule has 3 atom stereocenters. The molecule has 2 heterocycles. The summed E-state index contributed by atoms with van der Waals surface area (Å²) < 4.78 is 4.42. The normalized spacial score (nSPS) is 11.5. The molecule has 2 aromatic heterocycles. The summed E-state index contributed by atoms with van der Waals surface area (Å²) in [6.45, 7) is 12.6. The first-order valence-electron chi connectivity index (χ1n) is 10.9. The monoisotopic (exact) mass is 620 g/mol. The molecule has 0 aromatic carbocycles. The lowest BCUT2D eigenvalue weighted by Crippen LogP contribution is -2.21. The molecule has 0 aliphatic rings. The van der Waals surface area contributed by atoms with Crippen molar-refractivity contribution in [2.24, 2.45) is 0 Å². The van der Waals surface area contributed by atoms with Gasteiger partial charge in [0, 0.05) is 6.92 Å². The predicted octanol–water partition coefficient (Wildman–Crippen LogP) is 3.11. The lowest BCUT2D eigenvalue weighted by atomic mass is 10.0. The van der Waals surface area contributed by atoms with Crippen LogP contribution in [-0.2, 0) is 23.9 Å². The van der Waals surface area contributed by atoms with Gasteiger partial charge in [0.05, 0.1) is 24.8 Å². The molecule has 0 aliphatic carbocycles. The Bertz CT molecular complexity index is 1290. The van der Waals surface area contributed by atoms with Crippen molar-refractivity contribution in [1.82, 2.24) is 29.9 Å². The fraction of sp³-hybridized carbons (Fsp3) is 0.391. The van der Waals surface area contributed by atoms with Gasteiger partial charge in [0.15, 0.2) is 35.1 Å². The van der Waals surface area contributed by atoms with Crippen molar-refractivity contribution in [2.45, 2.75) is 52.0 Å². The number of aromatic nitrogens is 6. The highest BCUT2D eigenvalue weighted by molar-refractivity contribution is 6.33. The second kappa shape index (κ2) is 18.6. The molecule has 18 heteroatoms. The Kier molecular flexibility index (Phi) is 16.5. The summed E-state index contributed by atoms with van der Waals surface area (Å²) in [5.41, 5.74) is 0. The van der Waals surface area contributed by atoms with Crippen molar-refractivity contribution in [1.29, 1.82) is 15.8 Å². The number of ether oxygens (including phenoxy) is 1. The maximum atomic E-state index is 11.6. The van der Waals surface area contributed by atoms with Crippen LogP contribution in [0.5, 0.6) is 0 Å². The molecule has 2 rings (SSSR count). The zero-order valence-electron chi connectivity index (χ0n) is 21.8.